The summed E-state index contributed by atoms with van der Waals surface area (Å²) in [7, 11) is 1.54. The number of ether oxygens (including phenoxy) is 2. The molecule has 112 valence electrons. The van der Waals surface area contributed by atoms with Crippen LogP contribution in [-0.2, 0) is 4.74 Å². The molecule has 1 aromatic heterocycles. The Balaban J connectivity index is 1.87. The maximum atomic E-state index is 10.0. The molecule has 1 fully saturated rings. The zero-order valence-corrected chi connectivity index (χ0v) is 12.1. The minimum atomic E-state index is -0.118. The van der Waals surface area contributed by atoms with Gasteiger partial charge < -0.3 is 19.1 Å². The topological polar surface area (TPSA) is 77.6 Å². The summed E-state index contributed by atoms with van der Waals surface area (Å²) in [5.74, 6) is 1.92. The Morgan fingerprint density at radius 3 is 2.86 bits per heavy atom. The number of aromatic hydroxyl groups is 1. The molecule has 0 radical (unpaired) electrons. The number of aromatic nitrogens is 2. The van der Waals surface area contributed by atoms with E-state index in [2.05, 4.69) is 10.1 Å². The molecular formula is C15H18N2O4. The Hall–Kier alpha value is -2.08. The van der Waals surface area contributed by atoms with E-state index in [1.165, 1.54) is 6.07 Å². The van der Waals surface area contributed by atoms with Gasteiger partial charge in [0.05, 0.1) is 12.7 Å². The molecule has 1 atom stereocenters. The number of methoxy groups -OCH3 is 1. The number of hydrogen-bond acceptors (Lipinski definition) is 6. The van der Waals surface area contributed by atoms with Crippen LogP contribution in [0, 0.1) is 5.92 Å². The van der Waals surface area contributed by atoms with Gasteiger partial charge in [-0.15, -0.1) is 0 Å². The molecule has 0 spiro atoms. The molecular weight excluding hydrogens is 272 g/mol. The minimum absolute atomic E-state index is 0.0453. The molecule has 1 unspecified atom stereocenters. The number of benzene rings is 1. The van der Waals surface area contributed by atoms with Crippen LogP contribution in [0.2, 0.25) is 0 Å². The Morgan fingerprint density at radius 1 is 1.43 bits per heavy atom. The summed E-state index contributed by atoms with van der Waals surface area (Å²) in [5.41, 5.74) is 0.487. The highest BCUT2D eigenvalue weighted by Crippen LogP contribution is 2.43. The second-order valence-corrected chi connectivity index (χ2v) is 5.05. The van der Waals surface area contributed by atoms with Gasteiger partial charge in [-0.3, -0.25) is 0 Å². The molecule has 6 heteroatoms. The summed E-state index contributed by atoms with van der Waals surface area (Å²) in [6.45, 7) is 2.56. The van der Waals surface area contributed by atoms with Gasteiger partial charge in [0.1, 0.15) is 17.6 Å². The first-order chi connectivity index (χ1) is 10.2. The van der Waals surface area contributed by atoms with E-state index < -0.39 is 0 Å². The molecule has 1 aliphatic rings. The highest BCUT2D eigenvalue weighted by Gasteiger charge is 2.36. The SMILES string of the molecule is CCOC(c1noc(-c2ccc(OC)cc2O)n1)C1CC1. The van der Waals surface area contributed by atoms with E-state index in [0.29, 0.717) is 29.7 Å². The van der Waals surface area contributed by atoms with Gasteiger partial charge >= 0.3 is 0 Å². The normalized spacial score (nSPS) is 15.9. The first-order valence-electron chi connectivity index (χ1n) is 7.05. The second-order valence-electron chi connectivity index (χ2n) is 5.05. The molecule has 2 aromatic rings. The monoisotopic (exact) mass is 290 g/mol. The van der Waals surface area contributed by atoms with Crippen LogP contribution in [0.4, 0.5) is 0 Å². The molecule has 1 aromatic carbocycles. The van der Waals surface area contributed by atoms with Crippen LogP contribution in [0.5, 0.6) is 11.5 Å². The van der Waals surface area contributed by atoms with Gasteiger partial charge in [-0.2, -0.15) is 4.98 Å². The molecule has 0 bridgehead atoms. The summed E-state index contributed by atoms with van der Waals surface area (Å²) in [6, 6.07) is 4.94. The fraction of sp³-hybridized carbons (Fsp3) is 0.467. The molecule has 3 rings (SSSR count). The van der Waals surface area contributed by atoms with Crippen molar-refractivity contribution in [1.29, 1.82) is 0 Å². The molecule has 0 saturated heterocycles. The van der Waals surface area contributed by atoms with Crippen molar-refractivity contribution in [2.24, 2.45) is 5.92 Å². The molecule has 0 aliphatic heterocycles. The van der Waals surface area contributed by atoms with Crippen LogP contribution in [0.15, 0.2) is 22.7 Å². The highest BCUT2D eigenvalue weighted by molar-refractivity contribution is 5.63. The maximum Gasteiger partial charge on any atom is 0.261 e. The van der Waals surface area contributed by atoms with Gasteiger partial charge in [0, 0.05) is 12.7 Å². The van der Waals surface area contributed by atoms with Crippen molar-refractivity contribution in [1.82, 2.24) is 10.1 Å². The average Bonchev–Trinajstić information content (AvgIpc) is 3.22. The lowest BCUT2D eigenvalue weighted by Gasteiger charge is -2.11. The first-order valence-corrected chi connectivity index (χ1v) is 7.05. The van der Waals surface area contributed by atoms with Crippen molar-refractivity contribution in [3.63, 3.8) is 0 Å². The van der Waals surface area contributed by atoms with Crippen molar-refractivity contribution in [3.05, 3.63) is 24.0 Å². The van der Waals surface area contributed by atoms with Gasteiger partial charge in [-0.05, 0) is 37.8 Å². The third kappa shape index (κ3) is 2.85. The van der Waals surface area contributed by atoms with Crippen molar-refractivity contribution in [3.8, 4) is 23.0 Å². The van der Waals surface area contributed by atoms with E-state index in [1.807, 2.05) is 6.92 Å². The zero-order valence-electron chi connectivity index (χ0n) is 12.1. The average molecular weight is 290 g/mol. The maximum absolute atomic E-state index is 10.0. The summed E-state index contributed by atoms with van der Waals surface area (Å²) < 4.78 is 16.0. The Labute approximate surface area is 122 Å². The fourth-order valence-electron chi connectivity index (χ4n) is 2.28. The zero-order chi connectivity index (χ0) is 14.8. The molecule has 1 heterocycles. The number of rotatable bonds is 6. The van der Waals surface area contributed by atoms with Crippen LogP contribution in [0.1, 0.15) is 31.7 Å². The number of nitrogens with zero attached hydrogens (tertiary/aromatic N) is 2. The number of phenolic OH excluding ortho intramolecular Hbond substituents is 1. The van der Waals surface area contributed by atoms with Crippen molar-refractivity contribution < 1.29 is 19.1 Å². The van der Waals surface area contributed by atoms with Crippen LogP contribution in [-0.4, -0.2) is 29.0 Å². The van der Waals surface area contributed by atoms with E-state index in [-0.39, 0.29) is 17.7 Å². The van der Waals surface area contributed by atoms with Crippen molar-refractivity contribution >= 4 is 0 Å². The van der Waals surface area contributed by atoms with Gasteiger partial charge in [0.15, 0.2) is 0 Å². The molecule has 1 N–H and O–H groups in total. The lowest BCUT2D eigenvalue weighted by Crippen LogP contribution is -2.08. The van der Waals surface area contributed by atoms with Crippen LogP contribution in [0.3, 0.4) is 0 Å². The third-order valence-corrected chi connectivity index (χ3v) is 3.53. The Bertz CT molecular complexity index is 622. The van der Waals surface area contributed by atoms with Gasteiger partial charge in [-0.25, -0.2) is 0 Å². The molecule has 1 saturated carbocycles. The smallest absolute Gasteiger partial charge is 0.261 e. The second kappa shape index (κ2) is 5.73. The lowest BCUT2D eigenvalue weighted by atomic mass is 10.2. The van der Waals surface area contributed by atoms with Crippen LogP contribution >= 0.6 is 0 Å². The molecule has 21 heavy (non-hydrogen) atoms. The number of phenols is 1. The van der Waals surface area contributed by atoms with Gasteiger partial charge in [0.2, 0.25) is 5.82 Å². The van der Waals surface area contributed by atoms with E-state index >= 15 is 0 Å². The third-order valence-electron chi connectivity index (χ3n) is 3.53. The fourth-order valence-corrected chi connectivity index (χ4v) is 2.28. The standard InChI is InChI=1S/C15H18N2O4/c1-3-20-13(9-4-5-9)14-16-15(21-17-14)11-7-6-10(19-2)8-12(11)18/h6-9,13,18H,3-5H2,1-2H3. The van der Waals surface area contributed by atoms with Gasteiger partial charge in [0.25, 0.3) is 5.89 Å². The summed E-state index contributed by atoms with van der Waals surface area (Å²) >= 11 is 0. The summed E-state index contributed by atoms with van der Waals surface area (Å²) in [5, 5.41) is 14.0. The Morgan fingerprint density at radius 2 is 2.24 bits per heavy atom. The van der Waals surface area contributed by atoms with E-state index in [4.69, 9.17) is 14.0 Å². The van der Waals surface area contributed by atoms with Crippen LogP contribution in [0.25, 0.3) is 11.5 Å². The largest absolute Gasteiger partial charge is 0.507 e. The van der Waals surface area contributed by atoms with Crippen LogP contribution < -0.4 is 4.74 Å². The molecule has 1 aliphatic carbocycles. The molecule has 0 amide bonds. The van der Waals surface area contributed by atoms with Gasteiger partial charge in [-0.1, -0.05) is 5.16 Å². The molecule has 6 nitrogen and oxygen atoms in total. The number of hydrogen-bond donors (Lipinski definition) is 1. The van der Waals surface area contributed by atoms with E-state index in [1.54, 1.807) is 19.2 Å². The predicted molar refractivity (Wildman–Crippen MR) is 75.0 cm³/mol. The predicted octanol–water partition coefficient (Wildman–Crippen LogP) is 2.94. The summed E-state index contributed by atoms with van der Waals surface area (Å²) in [4.78, 5) is 4.37. The summed E-state index contributed by atoms with van der Waals surface area (Å²) in [6.07, 6.45) is 2.14. The minimum Gasteiger partial charge on any atom is -0.507 e. The van der Waals surface area contributed by atoms with Crippen molar-refractivity contribution in [2.45, 2.75) is 25.9 Å². The van der Waals surface area contributed by atoms with Crippen molar-refractivity contribution in [2.75, 3.05) is 13.7 Å². The highest BCUT2D eigenvalue weighted by atomic mass is 16.5. The van der Waals surface area contributed by atoms with E-state index in [9.17, 15) is 5.11 Å². The Kier molecular flexibility index (Phi) is 3.79. The first kappa shape index (κ1) is 13.9. The van der Waals surface area contributed by atoms with E-state index in [0.717, 1.165) is 12.8 Å². The quantitative estimate of drug-likeness (QED) is 0.881. The lowest BCUT2D eigenvalue weighted by molar-refractivity contribution is 0.0385.